The first-order valence-corrected chi connectivity index (χ1v) is 4.00. The molecule has 0 N–H and O–H groups in total. The maximum absolute atomic E-state index is 9.75. The summed E-state index contributed by atoms with van der Waals surface area (Å²) in [6, 6.07) is 8.90. The van der Waals surface area contributed by atoms with E-state index < -0.39 is 0 Å². The van der Waals surface area contributed by atoms with Crippen molar-refractivity contribution in [1.29, 1.82) is 0 Å². The van der Waals surface area contributed by atoms with Crippen molar-refractivity contribution in [3.63, 3.8) is 0 Å². The molecular formula is C10H14O2. The molecule has 0 saturated heterocycles. The number of ether oxygens (including phenoxy) is 1. The summed E-state index contributed by atoms with van der Waals surface area (Å²) >= 11 is 0. The Hall–Kier alpha value is -1.31. The molecule has 2 heteroatoms. The molecule has 1 aromatic rings. The van der Waals surface area contributed by atoms with Crippen molar-refractivity contribution in [1.82, 2.24) is 0 Å². The van der Waals surface area contributed by atoms with Crippen LogP contribution in [-0.4, -0.2) is 6.47 Å². The van der Waals surface area contributed by atoms with Gasteiger partial charge >= 0.3 is 0 Å². The molecule has 0 aromatic heterocycles. The predicted molar refractivity (Wildman–Crippen MR) is 49.1 cm³/mol. The third kappa shape index (κ3) is 5.47. The van der Waals surface area contributed by atoms with Gasteiger partial charge in [-0.2, -0.15) is 0 Å². The van der Waals surface area contributed by atoms with E-state index in [-0.39, 0.29) is 0 Å². The Labute approximate surface area is 73.2 Å². The molecule has 2 nitrogen and oxygen atoms in total. The van der Waals surface area contributed by atoms with Crippen LogP contribution in [0.25, 0.3) is 0 Å². The molecule has 1 aromatic carbocycles. The highest BCUT2D eigenvalue weighted by Crippen LogP contribution is 2.05. The molecule has 1 rings (SSSR count). The summed E-state index contributed by atoms with van der Waals surface area (Å²) in [7, 11) is 0. The number of hydrogen-bond acceptors (Lipinski definition) is 2. The highest BCUT2D eigenvalue weighted by atomic mass is 16.5. The van der Waals surface area contributed by atoms with E-state index in [9.17, 15) is 4.79 Å². The predicted octanol–water partition coefficient (Wildman–Crippen LogP) is 2.64. The Morgan fingerprint density at radius 2 is 1.75 bits per heavy atom. The van der Waals surface area contributed by atoms with Crippen molar-refractivity contribution < 1.29 is 9.53 Å². The Bertz CT molecular complexity index is 194. The van der Waals surface area contributed by atoms with E-state index >= 15 is 0 Å². The van der Waals surface area contributed by atoms with Crippen molar-refractivity contribution in [2.45, 2.75) is 20.3 Å². The third-order valence-electron chi connectivity index (χ3n) is 0.927. The molecular weight excluding hydrogens is 152 g/mol. The van der Waals surface area contributed by atoms with Crippen LogP contribution in [0.1, 0.15) is 20.3 Å². The van der Waals surface area contributed by atoms with Crippen LogP contribution >= 0.6 is 0 Å². The lowest BCUT2D eigenvalue weighted by Gasteiger charge is -1.92. The van der Waals surface area contributed by atoms with E-state index in [1.165, 1.54) is 6.42 Å². The fraction of sp³-hybridized carbons (Fsp3) is 0.300. The number of carbonyl (C=O) groups excluding carboxylic acids is 1. The van der Waals surface area contributed by atoms with Gasteiger partial charge in [-0.15, -0.1) is 0 Å². The second-order valence-corrected chi connectivity index (χ2v) is 2.23. The van der Waals surface area contributed by atoms with E-state index in [0.717, 1.165) is 0 Å². The normalized spacial score (nSPS) is 7.83. The van der Waals surface area contributed by atoms with Crippen LogP contribution in [0.2, 0.25) is 0 Å². The summed E-state index contributed by atoms with van der Waals surface area (Å²) < 4.78 is 4.53. The average Bonchev–Trinajstić information content (AvgIpc) is 2.08. The third-order valence-corrected chi connectivity index (χ3v) is 0.927. The van der Waals surface area contributed by atoms with Gasteiger partial charge in [0, 0.05) is 0 Å². The molecule has 0 aliphatic rings. The summed E-state index contributed by atoms with van der Waals surface area (Å²) in [5.74, 6) is 0.576. The second kappa shape index (κ2) is 7.79. The molecule has 0 heterocycles. The molecule has 0 aliphatic heterocycles. The molecule has 0 unspecified atom stereocenters. The molecule has 0 aliphatic carbocycles. The highest BCUT2D eigenvalue weighted by Gasteiger charge is 1.84. The maximum atomic E-state index is 9.75. The quantitative estimate of drug-likeness (QED) is 0.631. The largest absolute Gasteiger partial charge is 0.429 e. The van der Waals surface area contributed by atoms with Crippen molar-refractivity contribution in [2.24, 2.45) is 0 Å². The van der Waals surface area contributed by atoms with E-state index in [1.807, 2.05) is 6.07 Å². The van der Waals surface area contributed by atoms with Gasteiger partial charge in [-0.3, -0.25) is 4.79 Å². The van der Waals surface area contributed by atoms with Gasteiger partial charge in [0.1, 0.15) is 5.75 Å². The van der Waals surface area contributed by atoms with Crippen LogP contribution in [0.5, 0.6) is 5.75 Å². The smallest absolute Gasteiger partial charge is 0.298 e. The lowest BCUT2D eigenvalue weighted by molar-refractivity contribution is -0.120. The molecule has 0 amide bonds. The van der Waals surface area contributed by atoms with Gasteiger partial charge in [0.25, 0.3) is 6.47 Å². The summed E-state index contributed by atoms with van der Waals surface area (Å²) in [5, 5.41) is 0. The van der Waals surface area contributed by atoms with Gasteiger partial charge < -0.3 is 4.74 Å². The fourth-order valence-electron chi connectivity index (χ4n) is 0.555. The highest BCUT2D eigenvalue weighted by molar-refractivity contribution is 5.44. The molecule has 0 spiro atoms. The van der Waals surface area contributed by atoms with E-state index in [2.05, 4.69) is 18.6 Å². The molecule has 0 bridgehead atoms. The number of para-hydroxylation sites is 1. The Balaban J connectivity index is 0.000000354. The standard InChI is InChI=1S/C7H6O2.C3H8/c8-6-9-7-4-2-1-3-5-7;1-3-2/h1-6H;3H2,1-2H3. The minimum Gasteiger partial charge on any atom is -0.429 e. The molecule has 12 heavy (non-hydrogen) atoms. The van der Waals surface area contributed by atoms with E-state index in [4.69, 9.17) is 0 Å². The number of rotatable bonds is 2. The number of benzene rings is 1. The van der Waals surface area contributed by atoms with Crippen LogP contribution in [0.15, 0.2) is 30.3 Å². The van der Waals surface area contributed by atoms with E-state index in [1.54, 1.807) is 24.3 Å². The first kappa shape index (κ1) is 10.7. The molecule has 66 valence electrons. The first-order chi connectivity index (χ1) is 5.85. The summed E-state index contributed by atoms with van der Waals surface area (Å²) in [6.45, 7) is 4.66. The Kier molecular flexibility index (Phi) is 6.94. The molecule has 0 atom stereocenters. The van der Waals surface area contributed by atoms with Gasteiger partial charge in [0.2, 0.25) is 0 Å². The Morgan fingerprint density at radius 1 is 1.25 bits per heavy atom. The van der Waals surface area contributed by atoms with Crippen molar-refractivity contribution >= 4 is 6.47 Å². The zero-order valence-electron chi connectivity index (χ0n) is 7.49. The van der Waals surface area contributed by atoms with Gasteiger partial charge in [0.15, 0.2) is 0 Å². The summed E-state index contributed by atoms with van der Waals surface area (Å²) in [6.07, 6.45) is 1.25. The van der Waals surface area contributed by atoms with Crippen LogP contribution in [0, 0.1) is 0 Å². The van der Waals surface area contributed by atoms with Crippen molar-refractivity contribution in [3.05, 3.63) is 30.3 Å². The van der Waals surface area contributed by atoms with Crippen LogP contribution in [0.3, 0.4) is 0 Å². The topological polar surface area (TPSA) is 26.3 Å². The molecule has 0 radical (unpaired) electrons. The van der Waals surface area contributed by atoms with Crippen molar-refractivity contribution in [2.75, 3.05) is 0 Å². The average molecular weight is 166 g/mol. The molecule has 0 fully saturated rings. The van der Waals surface area contributed by atoms with Crippen LogP contribution in [-0.2, 0) is 4.79 Å². The van der Waals surface area contributed by atoms with Gasteiger partial charge in [-0.1, -0.05) is 38.5 Å². The van der Waals surface area contributed by atoms with Crippen molar-refractivity contribution in [3.8, 4) is 5.75 Å². The van der Waals surface area contributed by atoms with Crippen LogP contribution in [0.4, 0.5) is 0 Å². The maximum Gasteiger partial charge on any atom is 0.298 e. The van der Waals surface area contributed by atoms with Gasteiger partial charge in [0.05, 0.1) is 0 Å². The minimum absolute atomic E-state index is 0.412. The SMILES string of the molecule is CCC.O=COc1ccccc1. The number of carbonyl (C=O) groups is 1. The zero-order valence-corrected chi connectivity index (χ0v) is 7.49. The van der Waals surface area contributed by atoms with Gasteiger partial charge in [-0.05, 0) is 12.1 Å². The number of hydrogen-bond donors (Lipinski definition) is 0. The Morgan fingerprint density at radius 3 is 2.17 bits per heavy atom. The second-order valence-electron chi connectivity index (χ2n) is 2.23. The zero-order chi connectivity index (χ0) is 9.23. The lowest BCUT2D eigenvalue weighted by Crippen LogP contribution is -1.85. The van der Waals surface area contributed by atoms with Crippen LogP contribution < -0.4 is 4.74 Å². The van der Waals surface area contributed by atoms with Gasteiger partial charge in [-0.25, -0.2) is 0 Å². The first-order valence-electron chi connectivity index (χ1n) is 4.00. The molecule has 0 saturated carbocycles. The monoisotopic (exact) mass is 166 g/mol. The fourth-order valence-corrected chi connectivity index (χ4v) is 0.555. The summed E-state index contributed by atoms with van der Waals surface area (Å²) in [5.41, 5.74) is 0. The lowest BCUT2D eigenvalue weighted by atomic mass is 10.3. The van der Waals surface area contributed by atoms with E-state index in [0.29, 0.717) is 12.2 Å². The minimum atomic E-state index is 0.412. The summed E-state index contributed by atoms with van der Waals surface area (Å²) in [4.78, 5) is 9.75.